The molecule has 0 saturated heterocycles. The Kier molecular flexibility index (Phi) is 4.38. The monoisotopic (exact) mass is 207 g/mol. The van der Waals surface area contributed by atoms with E-state index in [1.807, 2.05) is 0 Å². The molecule has 4 nitrogen and oxygen atoms in total. The molecular formula is C9H9N3OS. The van der Waals surface area contributed by atoms with Crippen LogP contribution in [0.1, 0.15) is 5.76 Å². The Balaban J connectivity index is 2.42. The summed E-state index contributed by atoms with van der Waals surface area (Å²) in [5.74, 6) is 3.55. The second kappa shape index (κ2) is 5.89. The Labute approximate surface area is 86.3 Å². The minimum atomic E-state index is 0.339. The van der Waals surface area contributed by atoms with Crippen molar-refractivity contribution in [3.8, 4) is 12.3 Å². The third-order valence-corrected chi connectivity index (χ3v) is 1.88. The van der Waals surface area contributed by atoms with Crippen molar-refractivity contribution in [2.45, 2.75) is 0 Å². The highest BCUT2D eigenvalue weighted by atomic mass is 32.2. The van der Waals surface area contributed by atoms with E-state index in [0.29, 0.717) is 16.7 Å². The van der Waals surface area contributed by atoms with Crippen molar-refractivity contribution in [3.05, 3.63) is 24.2 Å². The molecule has 72 valence electrons. The van der Waals surface area contributed by atoms with Gasteiger partial charge in [-0.25, -0.2) is 0 Å². The number of hydrogen-bond donors (Lipinski definition) is 1. The van der Waals surface area contributed by atoms with Crippen LogP contribution >= 0.6 is 11.8 Å². The molecule has 0 amide bonds. The molecule has 1 aromatic heterocycles. The van der Waals surface area contributed by atoms with Crippen molar-refractivity contribution in [1.29, 1.82) is 0 Å². The van der Waals surface area contributed by atoms with Gasteiger partial charge in [0.2, 0.25) is 0 Å². The Morgan fingerprint density at radius 2 is 2.64 bits per heavy atom. The van der Waals surface area contributed by atoms with Gasteiger partial charge in [0.1, 0.15) is 5.76 Å². The van der Waals surface area contributed by atoms with E-state index < -0.39 is 0 Å². The molecule has 14 heavy (non-hydrogen) atoms. The van der Waals surface area contributed by atoms with Gasteiger partial charge in [-0.1, -0.05) is 17.7 Å². The van der Waals surface area contributed by atoms with Crippen molar-refractivity contribution in [2.24, 2.45) is 15.9 Å². The van der Waals surface area contributed by atoms with Gasteiger partial charge in [0, 0.05) is 0 Å². The third-order valence-electron chi connectivity index (χ3n) is 1.19. The standard InChI is InChI=1S/C9H9N3OS/c1-2-6-14-9(10)12-11-7-8-4-3-5-13-8/h1,3-5,7H,6H2,(H2,10,12). The average molecular weight is 207 g/mol. The minimum absolute atomic E-state index is 0.339. The Morgan fingerprint density at radius 1 is 1.79 bits per heavy atom. The molecule has 5 heteroatoms. The van der Waals surface area contributed by atoms with Crippen LogP contribution in [0.2, 0.25) is 0 Å². The van der Waals surface area contributed by atoms with Gasteiger partial charge < -0.3 is 10.2 Å². The van der Waals surface area contributed by atoms with E-state index in [-0.39, 0.29) is 0 Å². The van der Waals surface area contributed by atoms with Crippen LogP contribution in [0.15, 0.2) is 33.0 Å². The smallest absolute Gasteiger partial charge is 0.181 e. The zero-order valence-electron chi connectivity index (χ0n) is 7.38. The van der Waals surface area contributed by atoms with Crippen LogP contribution in [0.25, 0.3) is 0 Å². The number of terminal acetylenes is 1. The van der Waals surface area contributed by atoms with E-state index >= 15 is 0 Å². The van der Waals surface area contributed by atoms with Crippen LogP contribution in [0.4, 0.5) is 0 Å². The Bertz CT molecular complexity index is 362. The van der Waals surface area contributed by atoms with Crippen molar-refractivity contribution in [1.82, 2.24) is 0 Å². The van der Waals surface area contributed by atoms with Crippen molar-refractivity contribution in [2.75, 3.05) is 5.75 Å². The first-order chi connectivity index (χ1) is 6.83. The van der Waals surface area contributed by atoms with Crippen molar-refractivity contribution in [3.63, 3.8) is 0 Å². The predicted molar refractivity (Wildman–Crippen MR) is 59.2 cm³/mol. The number of thioether (sulfide) groups is 1. The summed E-state index contributed by atoms with van der Waals surface area (Å²) in [5.41, 5.74) is 5.47. The lowest BCUT2D eigenvalue weighted by atomic mass is 10.5. The van der Waals surface area contributed by atoms with Crippen LogP contribution in [-0.2, 0) is 0 Å². The summed E-state index contributed by atoms with van der Waals surface area (Å²) in [5, 5.41) is 7.77. The average Bonchev–Trinajstić information content (AvgIpc) is 2.67. The van der Waals surface area contributed by atoms with Gasteiger partial charge in [0.25, 0.3) is 0 Å². The van der Waals surface area contributed by atoms with Crippen LogP contribution in [0.5, 0.6) is 0 Å². The first kappa shape index (κ1) is 10.4. The molecular weight excluding hydrogens is 198 g/mol. The molecule has 0 bridgehead atoms. The van der Waals surface area contributed by atoms with Gasteiger partial charge in [-0.3, -0.25) is 0 Å². The van der Waals surface area contributed by atoms with Gasteiger partial charge in [-0.05, 0) is 12.1 Å². The van der Waals surface area contributed by atoms with Gasteiger partial charge in [-0.15, -0.1) is 11.5 Å². The molecule has 0 atom stereocenters. The fraction of sp³-hybridized carbons (Fsp3) is 0.111. The van der Waals surface area contributed by atoms with Crippen molar-refractivity contribution >= 4 is 23.1 Å². The largest absolute Gasteiger partial charge is 0.463 e. The maximum absolute atomic E-state index is 5.47. The van der Waals surface area contributed by atoms with Gasteiger partial charge in [-0.2, -0.15) is 5.10 Å². The maximum atomic E-state index is 5.47. The first-order valence-corrected chi connectivity index (χ1v) is 4.77. The number of nitrogens with zero attached hydrogens (tertiary/aromatic N) is 2. The van der Waals surface area contributed by atoms with Gasteiger partial charge in [0.05, 0.1) is 18.2 Å². The maximum Gasteiger partial charge on any atom is 0.181 e. The van der Waals surface area contributed by atoms with E-state index in [0.717, 1.165) is 0 Å². The molecule has 0 radical (unpaired) electrons. The van der Waals surface area contributed by atoms with Crippen molar-refractivity contribution < 1.29 is 4.42 Å². The van der Waals surface area contributed by atoms with E-state index in [4.69, 9.17) is 16.6 Å². The number of amidine groups is 1. The third kappa shape index (κ3) is 3.83. The summed E-state index contributed by atoms with van der Waals surface area (Å²) in [6.45, 7) is 0. The van der Waals surface area contributed by atoms with Crippen LogP contribution in [0.3, 0.4) is 0 Å². The second-order valence-electron chi connectivity index (χ2n) is 2.19. The van der Waals surface area contributed by atoms with Gasteiger partial charge in [0.15, 0.2) is 5.17 Å². The minimum Gasteiger partial charge on any atom is -0.463 e. The molecule has 0 spiro atoms. The molecule has 1 rings (SSSR count). The molecule has 0 unspecified atom stereocenters. The van der Waals surface area contributed by atoms with E-state index in [1.54, 1.807) is 18.4 Å². The lowest BCUT2D eigenvalue weighted by Gasteiger charge is -1.90. The first-order valence-electron chi connectivity index (χ1n) is 3.79. The van der Waals surface area contributed by atoms with E-state index in [2.05, 4.69) is 16.1 Å². The van der Waals surface area contributed by atoms with Crippen LogP contribution in [-0.4, -0.2) is 17.1 Å². The normalized spacial score (nSPS) is 11.8. The molecule has 0 aromatic carbocycles. The van der Waals surface area contributed by atoms with Gasteiger partial charge >= 0.3 is 0 Å². The summed E-state index contributed by atoms with van der Waals surface area (Å²) in [4.78, 5) is 0. The predicted octanol–water partition coefficient (Wildman–Crippen LogP) is 1.29. The zero-order valence-corrected chi connectivity index (χ0v) is 8.20. The summed E-state index contributed by atoms with van der Waals surface area (Å²) < 4.78 is 5.00. The van der Waals surface area contributed by atoms with Crippen LogP contribution in [0, 0.1) is 12.3 Å². The number of furan rings is 1. The molecule has 0 aliphatic carbocycles. The highest BCUT2D eigenvalue weighted by Crippen LogP contribution is 1.99. The summed E-state index contributed by atoms with van der Waals surface area (Å²) >= 11 is 1.26. The highest BCUT2D eigenvalue weighted by molar-refractivity contribution is 8.13. The van der Waals surface area contributed by atoms with E-state index in [1.165, 1.54) is 18.0 Å². The number of rotatable bonds is 3. The Hall–Kier alpha value is -1.67. The summed E-state index contributed by atoms with van der Waals surface area (Å²) in [6, 6.07) is 3.53. The fourth-order valence-electron chi connectivity index (χ4n) is 0.652. The molecule has 1 heterocycles. The molecule has 0 fully saturated rings. The lowest BCUT2D eigenvalue weighted by Crippen LogP contribution is -2.05. The SMILES string of the molecule is C#CCS/C(N)=N/N=Cc1ccco1. The fourth-order valence-corrected chi connectivity index (χ4v) is 0.988. The topological polar surface area (TPSA) is 63.9 Å². The quantitative estimate of drug-likeness (QED) is 0.351. The Morgan fingerprint density at radius 3 is 3.29 bits per heavy atom. The molecule has 0 aliphatic rings. The second-order valence-corrected chi connectivity index (χ2v) is 3.19. The molecule has 0 aliphatic heterocycles. The number of nitrogens with two attached hydrogens (primary N) is 1. The highest BCUT2D eigenvalue weighted by Gasteiger charge is 1.90. The zero-order chi connectivity index (χ0) is 10.2. The number of hydrogen-bond acceptors (Lipinski definition) is 4. The summed E-state index contributed by atoms with van der Waals surface area (Å²) in [7, 11) is 0. The van der Waals surface area contributed by atoms with Crippen LogP contribution < -0.4 is 5.73 Å². The lowest BCUT2D eigenvalue weighted by molar-refractivity contribution is 0.560. The molecule has 0 saturated carbocycles. The summed E-state index contributed by atoms with van der Waals surface area (Å²) in [6.07, 6.45) is 8.08. The molecule has 2 N–H and O–H groups in total. The molecule has 1 aromatic rings. The van der Waals surface area contributed by atoms with E-state index in [9.17, 15) is 0 Å².